The average Bonchev–Trinajstić information content (AvgIpc) is 2.55. The number of anilines is 1. The van der Waals surface area contributed by atoms with Crippen LogP contribution in [0.25, 0.3) is 0 Å². The van der Waals surface area contributed by atoms with Gasteiger partial charge in [-0.15, -0.1) is 0 Å². The van der Waals surface area contributed by atoms with Crippen LogP contribution in [0.1, 0.15) is 11.3 Å². The predicted molar refractivity (Wildman–Crippen MR) is 61.3 cm³/mol. The van der Waals surface area contributed by atoms with Crippen LogP contribution in [0.4, 0.5) is 18.3 Å². The molecular weight excluding hydrogens is 257 g/mol. The van der Waals surface area contributed by atoms with Gasteiger partial charge in [-0.1, -0.05) is 11.3 Å². The minimum absolute atomic E-state index is 0.495. The van der Waals surface area contributed by atoms with Crippen molar-refractivity contribution in [2.45, 2.75) is 12.6 Å². The highest BCUT2D eigenvalue weighted by molar-refractivity contribution is 7.99. The van der Waals surface area contributed by atoms with Crippen molar-refractivity contribution in [3.8, 4) is 0 Å². The number of alkyl halides is 3. The molecule has 0 atom stereocenters. The highest BCUT2D eigenvalue weighted by Crippen LogP contribution is 2.36. The van der Waals surface area contributed by atoms with Crippen molar-refractivity contribution in [1.29, 1.82) is 0 Å². The summed E-state index contributed by atoms with van der Waals surface area (Å²) in [4.78, 5) is 5.20. The largest absolute Gasteiger partial charge is 0.427 e. The van der Waals surface area contributed by atoms with Gasteiger partial charge in [0, 0.05) is 18.8 Å². The number of thiazole rings is 1. The zero-order valence-corrected chi connectivity index (χ0v) is 10.1. The fourth-order valence-corrected chi connectivity index (χ4v) is 3.20. The van der Waals surface area contributed by atoms with Gasteiger partial charge >= 0.3 is 6.18 Å². The van der Waals surface area contributed by atoms with E-state index >= 15 is 0 Å². The molecule has 0 radical (unpaired) electrons. The quantitative estimate of drug-likeness (QED) is 0.778. The Morgan fingerprint density at radius 2 is 2.06 bits per heavy atom. The van der Waals surface area contributed by atoms with Crippen LogP contribution in [0, 0.1) is 0 Å². The summed E-state index contributed by atoms with van der Waals surface area (Å²) in [5.41, 5.74) is 0. The normalized spacial score (nSPS) is 18.6. The van der Waals surface area contributed by atoms with Gasteiger partial charge in [0.05, 0.1) is 6.20 Å². The summed E-state index contributed by atoms with van der Waals surface area (Å²) in [6.45, 7) is 1.59. The topological polar surface area (TPSA) is 16.1 Å². The fraction of sp³-hybridized carbons (Fsp3) is 0.667. The standard InChI is InChI=1S/C9H11F3N2S2/c10-9(11,12)7-6-13-8(16-7)14-2-1-4-15-5-3-14/h6H,1-5H2. The average molecular weight is 268 g/mol. The van der Waals surface area contributed by atoms with Crippen LogP contribution in [0.2, 0.25) is 0 Å². The van der Waals surface area contributed by atoms with Crippen LogP contribution in [-0.4, -0.2) is 29.6 Å². The van der Waals surface area contributed by atoms with Crippen LogP contribution in [0.3, 0.4) is 0 Å². The summed E-state index contributed by atoms with van der Waals surface area (Å²) in [5, 5.41) is 0.495. The second-order valence-corrected chi connectivity index (χ2v) is 5.69. The van der Waals surface area contributed by atoms with Gasteiger partial charge in [-0.3, -0.25) is 0 Å². The molecule has 0 aromatic carbocycles. The number of hydrogen-bond donors (Lipinski definition) is 0. The van der Waals surface area contributed by atoms with Crippen LogP contribution in [0.15, 0.2) is 6.20 Å². The smallest absolute Gasteiger partial charge is 0.347 e. The first-order valence-electron chi connectivity index (χ1n) is 4.93. The fourth-order valence-electron chi connectivity index (χ4n) is 1.48. The van der Waals surface area contributed by atoms with E-state index in [9.17, 15) is 13.2 Å². The molecule has 0 aliphatic carbocycles. The summed E-state index contributed by atoms with van der Waals surface area (Å²) >= 11 is 2.58. The third-order valence-corrected chi connectivity index (χ3v) is 4.42. The molecule has 0 spiro atoms. The van der Waals surface area contributed by atoms with Gasteiger partial charge in [-0.05, 0) is 12.2 Å². The first-order chi connectivity index (χ1) is 7.57. The van der Waals surface area contributed by atoms with E-state index in [2.05, 4.69) is 4.98 Å². The van der Waals surface area contributed by atoms with E-state index in [1.165, 1.54) is 0 Å². The lowest BCUT2D eigenvalue weighted by Gasteiger charge is -2.18. The maximum atomic E-state index is 12.4. The van der Waals surface area contributed by atoms with E-state index in [1.807, 2.05) is 16.7 Å². The molecular formula is C9H11F3N2S2. The van der Waals surface area contributed by atoms with E-state index in [0.717, 1.165) is 48.5 Å². The van der Waals surface area contributed by atoms with Gasteiger partial charge in [-0.2, -0.15) is 24.9 Å². The summed E-state index contributed by atoms with van der Waals surface area (Å²) < 4.78 is 37.2. The number of rotatable bonds is 1. The Labute approximate surface area is 99.9 Å². The molecule has 16 heavy (non-hydrogen) atoms. The summed E-state index contributed by atoms with van der Waals surface area (Å²) in [6.07, 6.45) is -2.33. The lowest BCUT2D eigenvalue weighted by Crippen LogP contribution is -2.25. The molecule has 0 N–H and O–H groups in total. The number of aromatic nitrogens is 1. The summed E-state index contributed by atoms with van der Waals surface area (Å²) in [6, 6.07) is 0. The van der Waals surface area contributed by atoms with E-state index in [4.69, 9.17) is 0 Å². The van der Waals surface area contributed by atoms with Gasteiger partial charge in [0.25, 0.3) is 0 Å². The van der Waals surface area contributed by atoms with Crippen molar-refractivity contribution >= 4 is 28.2 Å². The maximum absolute atomic E-state index is 12.4. The van der Waals surface area contributed by atoms with Crippen LogP contribution in [0.5, 0.6) is 0 Å². The van der Waals surface area contributed by atoms with E-state index in [1.54, 1.807) is 0 Å². The molecule has 1 saturated heterocycles. The Morgan fingerprint density at radius 1 is 1.25 bits per heavy atom. The number of hydrogen-bond acceptors (Lipinski definition) is 4. The first-order valence-corrected chi connectivity index (χ1v) is 6.90. The monoisotopic (exact) mass is 268 g/mol. The number of halogens is 3. The molecule has 2 rings (SSSR count). The van der Waals surface area contributed by atoms with Crippen LogP contribution >= 0.6 is 23.1 Å². The number of nitrogens with zero attached hydrogens (tertiary/aromatic N) is 2. The highest BCUT2D eigenvalue weighted by Gasteiger charge is 2.33. The van der Waals surface area contributed by atoms with Crippen molar-refractivity contribution in [2.75, 3.05) is 29.5 Å². The van der Waals surface area contributed by atoms with Crippen molar-refractivity contribution in [3.05, 3.63) is 11.1 Å². The molecule has 0 unspecified atom stereocenters. The van der Waals surface area contributed by atoms with Gasteiger partial charge < -0.3 is 4.90 Å². The Bertz CT molecular complexity index is 343. The van der Waals surface area contributed by atoms with Crippen LogP contribution in [-0.2, 0) is 6.18 Å². The van der Waals surface area contributed by atoms with E-state index in [0.29, 0.717) is 5.13 Å². The van der Waals surface area contributed by atoms with Gasteiger partial charge in [0.1, 0.15) is 4.88 Å². The molecule has 1 fully saturated rings. The Morgan fingerprint density at radius 3 is 2.75 bits per heavy atom. The number of thioether (sulfide) groups is 1. The summed E-state index contributed by atoms with van der Waals surface area (Å²) in [7, 11) is 0. The zero-order chi connectivity index (χ0) is 11.6. The second kappa shape index (κ2) is 4.83. The third kappa shape index (κ3) is 2.82. The Hall–Kier alpha value is -0.430. The maximum Gasteiger partial charge on any atom is 0.427 e. The molecule has 7 heteroatoms. The molecule has 2 nitrogen and oxygen atoms in total. The lowest BCUT2D eigenvalue weighted by atomic mass is 10.4. The third-order valence-electron chi connectivity index (χ3n) is 2.27. The van der Waals surface area contributed by atoms with E-state index in [-0.39, 0.29) is 0 Å². The van der Waals surface area contributed by atoms with Crippen molar-refractivity contribution in [3.63, 3.8) is 0 Å². The molecule has 0 bridgehead atoms. The molecule has 1 aliphatic rings. The highest BCUT2D eigenvalue weighted by atomic mass is 32.2. The minimum Gasteiger partial charge on any atom is -0.347 e. The van der Waals surface area contributed by atoms with Crippen molar-refractivity contribution < 1.29 is 13.2 Å². The van der Waals surface area contributed by atoms with Crippen LogP contribution < -0.4 is 4.90 Å². The first kappa shape index (κ1) is 12.0. The molecule has 1 aromatic heterocycles. The van der Waals surface area contributed by atoms with E-state index < -0.39 is 11.1 Å². The minimum atomic E-state index is -4.27. The second-order valence-electron chi connectivity index (χ2n) is 3.46. The zero-order valence-electron chi connectivity index (χ0n) is 8.46. The Balaban J connectivity index is 2.11. The SMILES string of the molecule is FC(F)(F)c1cnc(N2CCCSCC2)s1. The van der Waals surface area contributed by atoms with Gasteiger partial charge in [0.15, 0.2) is 5.13 Å². The molecule has 1 aromatic rings. The summed E-state index contributed by atoms with van der Waals surface area (Å²) in [5.74, 6) is 2.04. The molecule has 2 heterocycles. The van der Waals surface area contributed by atoms with Crippen molar-refractivity contribution in [1.82, 2.24) is 4.98 Å². The molecule has 0 amide bonds. The van der Waals surface area contributed by atoms with Gasteiger partial charge in [-0.25, -0.2) is 4.98 Å². The predicted octanol–water partition coefficient (Wildman–Crippen LogP) is 3.11. The molecule has 0 saturated carbocycles. The molecule has 1 aliphatic heterocycles. The molecule has 90 valence electrons. The van der Waals surface area contributed by atoms with Crippen molar-refractivity contribution in [2.24, 2.45) is 0 Å². The van der Waals surface area contributed by atoms with Gasteiger partial charge in [0.2, 0.25) is 0 Å². The Kier molecular flexibility index (Phi) is 3.63. The lowest BCUT2D eigenvalue weighted by molar-refractivity contribution is -0.134.